The Labute approximate surface area is 180 Å². The van der Waals surface area contributed by atoms with Gasteiger partial charge < -0.3 is 10.6 Å². The van der Waals surface area contributed by atoms with Crippen molar-refractivity contribution in [2.45, 2.75) is 19.3 Å². The summed E-state index contributed by atoms with van der Waals surface area (Å²) in [7, 11) is 0. The summed E-state index contributed by atoms with van der Waals surface area (Å²) in [6.07, 6.45) is 4.70. The maximum Gasteiger partial charge on any atom is 0.227 e. The molecule has 1 fully saturated rings. The molecule has 31 heavy (non-hydrogen) atoms. The highest BCUT2D eigenvalue weighted by molar-refractivity contribution is 5.85. The molecule has 0 unspecified atom stereocenters. The van der Waals surface area contributed by atoms with Crippen molar-refractivity contribution >= 4 is 11.8 Å². The predicted octanol–water partition coefficient (Wildman–Crippen LogP) is 3.38. The van der Waals surface area contributed by atoms with Gasteiger partial charge in [0.05, 0.1) is 11.8 Å². The van der Waals surface area contributed by atoms with E-state index in [2.05, 4.69) is 4.98 Å². The highest BCUT2D eigenvalue weighted by Gasteiger charge is 2.44. The van der Waals surface area contributed by atoms with Gasteiger partial charge in [-0.25, -0.2) is 4.39 Å². The number of hydrogen-bond acceptors (Lipinski definition) is 3. The zero-order valence-electron chi connectivity index (χ0n) is 17.1. The van der Waals surface area contributed by atoms with Gasteiger partial charge in [0, 0.05) is 25.5 Å². The summed E-state index contributed by atoms with van der Waals surface area (Å²) in [4.78, 5) is 30.9. The Kier molecular flexibility index (Phi) is 5.80. The van der Waals surface area contributed by atoms with Gasteiger partial charge in [-0.1, -0.05) is 36.4 Å². The first kappa shape index (κ1) is 20.7. The molecule has 0 aliphatic carbocycles. The Morgan fingerprint density at radius 2 is 1.55 bits per heavy atom. The van der Waals surface area contributed by atoms with Gasteiger partial charge in [-0.05, 0) is 59.4 Å². The van der Waals surface area contributed by atoms with Crippen molar-refractivity contribution in [1.82, 2.24) is 9.88 Å². The van der Waals surface area contributed by atoms with Crippen LogP contribution in [0.15, 0.2) is 73.1 Å². The summed E-state index contributed by atoms with van der Waals surface area (Å²) in [6.45, 7) is 0.784. The van der Waals surface area contributed by atoms with E-state index >= 15 is 0 Å². The van der Waals surface area contributed by atoms with Crippen LogP contribution in [0.25, 0.3) is 11.1 Å². The van der Waals surface area contributed by atoms with Crippen LogP contribution in [-0.4, -0.2) is 34.8 Å². The van der Waals surface area contributed by atoms with Crippen molar-refractivity contribution in [2.24, 2.45) is 11.1 Å². The summed E-state index contributed by atoms with van der Waals surface area (Å²) in [5.41, 5.74) is 8.92. The lowest BCUT2D eigenvalue weighted by atomic mass is 9.80. The fraction of sp³-hybridized carbons (Fsp3) is 0.240. The number of halogens is 1. The second-order valence-electron chi connectivity index (χ2n) is 8.12. The van der Waals surface area contributed by atoms with E-state index in [1.165, 1.54) is 12.1 Å². The number of pyridine rings is 1. The van der Waals surface area contributed by atoms with E-state index in [0.717, 1.165) is 22.3 Å². The Balaban J connectivity index is 1.45. The monoisotopic (exact) mass is 417 g/mol. The van der Waals surface area contributed by atoms with Crippen molar-refractivity contribution in [3.05, 3.63) is 90.0 Å². The molecular weight excluding hydrogens is 393 g/mol. The minimum Gasteiger partial charge on any atom is -0.369 e. The molecule has 0 spiro atoms. The third-order valence-corrected chi connectivity index (χ3v) is 6.01. The van der Waals surface area contributed by atoms with E-state index in [0.29, 0.717) is 25.9 Å². The molecule has 2 N–H and O–H groups in total. The molecule has 0 radical (unpaired) electrons. The molecule has 2 heterocycles. The molecule has 2 aromatic carbocycles. The van der Waals surface area contributed by atoms with Crippen LogP contribution < -0.4 is 5.73 Å². The van der Waals surface area contributed by atoms with E-state index in [-0.39, 0.29) is 24.1 Å². The lowest BCUT2D eigenvalue weighted by Gasteiger charge is -2.26. The first-order chi connectivity index (χ1) is 14.9. The number of rotatable bonds is 6. The molecule has 1 aliphatic rings. The summed E-state index contributed by atoms with van der Waals surface area (Å²) in [6, 6.07) is 17.8. The molecule has 1 aliphatic heterocycles. The van der Waals surface area contributed by atoms with Crippen molar-refractivity contribution in [3.63, 3.8) is 0 Å². The van der Waals surface area contributed by atoms with Crippen LogP contribution in [-0.2, 0) is 22.4 Å². The van der Waals surface area contributed by atoms with E-state index in [9.17, 15) is 14.0 Å². The van der Waals surface area contributed by atoms with Crippen molar-refractivity contribution in [1.29, 1.82) is 0 Å². The number of nitrogens with two attached hydrogens (primary N) is 1. The topological polar surface area (TPSA) is 76.3 Å². The Hall–Kier alpha value is -3.54. The summed E-state index contributed by atoms with van der Waals surface area (Å²) in [5.74, 6) is -0.800. The second-order valence-corrected chi connectivity index (χ2v) is 8.12. The molecule has 5 nitrogen and oxygen atoms in total. The number of carbonyl (C=O) groups excluding carboxylic acids is 2. The molecule has 4 rings (SSSR count). The van der Waals surface area contributed by atoms with E-state index in [1.54, 1.807) is 29.4 Å². The van der Waals surface area contributed by atoms with Gasteiger partial charge in [0.1, 0.15) is 5.82 Å². The standard InChI is InChI=1S/C25H24FN3O2/c26-22-7-3-18(4-8-22)15-23(30)29-14-11-25(17-29,24(27)31)16-19-1-5-20(6-2-19)21-9-12-28-13-10-21/h1-10,12-13H,11,14-17H2,(H2,27,31)/t25-/m0/s1. The fourth-order valence-corrected chi connectivity index (χ4v) is 4.16. The van der Waals surface area contributed by atoms with Crippen molar-refractivity contribution in [2.75, 3.05) is 13.1 Å². The zero-order chi connectivity index (χ0) is 21.8. The lowest BCUT2D eigenvalue weighted by molar-refractivity contribution is -0.131. The number of benzene rings is 2. The third kappa shape index (κ3) is 4.63. The quantitative estimate of drug-likeness (QED) is 0.668. The van der Waals surface area contributed by atoms with E-state index in [1.807, 2.05) is 36.4 Å². The van der Waals surface area contributed by atoms with Gasteiger partial charge in [-0.3, -0.25) is 14.6 Å². The SMILES string of the molecule is NC(=O)[C@]1(Cc2ccc(-c3ccncc3)cc2)CCN(C(=O)Cc2ccc(F)cc2)C1. The third-order valence-electron chi connectivity index (χ3n) is 6.01. The number of carbonyl (C=O) groups is 2. The first-order valence-corrected chi connectivity index (χ1v) is 10.3. The maximum atomic E-state index is 13.1. The number of amides is 2. The van der Waals surface area contributed by atoms with E-state index in [4.69, 9.17) is 5.73 Å². The van der Waals surface area contributed by atoms with Crippen LogP contribution >= 0.6 is 0 Å². The average molecular weight is 417 g/mol. The number of nitrogens with zero attached hydrogens (tertiary/aromatic N) is 2. The Bertz CT molecular complexity index is 1070. The Morgan fingerprint density at radius 1 is 0.935 bits per heavy atom. The van der Waals surface area contributed by atoms with Crippen molar-refractivity contribution < 1.29 is 14.0 Å². The lowest BCUT2D eigenvalue weighted by Crippen LogP contribution is -2.42. The van der Waals surface area contributed by atoms with Gasteiger partial charge in [0.25, 0.3) is 0 Å². The molecule has 1 atom stereocenters. The number of likely N-dealkylation sites (tertiary alicyclic amines) is 1. The highest BCUT2D eigenvalue weighted by Crippen LogP contribution is 2.35. The summed E-state index contributed by atoms with van der Waals surface area (Å²) < 4.78 is 13.1. The maximum absolute atomic E-state index is 13.1. The van der Waals surface area contributed by atoms with Gasteiger partial charge in [-0.15, -0.1) is 0 Å². The molecule has 158 valence electrons. The highest BCUT2D eigenvalue weighted by atomic mass is 19.1. The van der Waals surface area contributed by atoms with Crippen LogP contribution in [0.5, 0.6) is 0 Å². The van der Waals surface area contributed by atoms with E-state index < -0.39 is 5.41 Å². The van der Waals surface area contributed by atoms with Crippen LogP contribution in [0, 0.1) is 11.2 Å². The number of hydrogen-bond donors (Lipinski definition) is 1. The van der Waals surface area contributed by atoms with Gasteiger partial charge in [-0.2, -0.15) is 0 Å². The predicted molar refractivity (Wildman–Crippen MR) is 116 cm³/mol. The second kappa shape index (κ2) is 8.68. The molecule has 2 amide bonds. The molecule has 1 saturated heterocycles. The van der Waals surface area contributed by atoms with Crippen LogP contribution in [0.3, 0.4) is 0 Å². The fourth-order valence-electron chi connectivity index (χ4n) is 4.16. The molecular formula is C25H24FN3O2. The van der Waals surface area contributed by atoms with Crippen LogP contribution in [0.2, 0.25) is 0 Å². The van der Waals surface area contributed by atoms with Crippen LogP contribution in [0.1, 0.15) is 17.5 Å². The summed E-state index contributed by atoms with van der Waals surface area (Å²) in [5, 5.41) is 0. The molecule has 0 saturated carbocycles. The largest absolute Gasteiger partial charge is 0.369 e. The molecule has 6 heteroatoms. The van der Waals surface area contributed by atoms with Gasteiger partial charge >= 0.3 is 0 Å². The smallest absolute Gasteiger partial charge is 0.227 e. The average Bonchev–Trinajstić information content (AvgIpc) is 3.22. The summed E-state index contributed by atoms with van der Waals surface area (Å²) >= 11 is 0. The molecule has 0 bridgehead atoms. The van der Waals surface area contributed by atoms with Crippen LogP contribution in [0.4, 0.5) is 4.39 Å². The normalized spacial score (nSPS) is 18.2. The minimum atomic E-state index is -0.781. The minimum absolute atomic E-state index is 0.0808. The number of primary amides is 1. The van der Waals surface area contributed by atoms with Crippen molar-refractivity contribution in [3.8, 4) is 11.1 Å². The molecule has 3 aromatic rings. The Morgan fingerprint density at radius 3 is 2.19 bits per heavy atom. The molecule has 1 aromatic heterocycles. The first-order valence-electron chi connectivity index (χ1n) is 10.3. The van der Waals surface area contributed by atoms with Gasteiger partial charge in [0.2, 0.25) is 11.8 Å². The zero-order valence-corrected chi connectivity index (χ0v) is 17.1. The number of aromatic nitrogens is 1. The van der Waals surface area contributed by atoms with Gasteiger partial charge in [0.15, 0.2) is 0 Å².